The molecule has 2 heterocycles. The zero-order chi connectivity index (χ0) is 22.7. The van der Waals surface area contributed by atoms with E-state index in [9.17, 15) is 14.3 Å². The maximum Gasteiger partial charge on any atom is 0.318 e. The SMILES string of the molecule is Cc1ccccc1Cc1ncc2c(n1)CN(C(=O)N[C@H](CO)c1ccc(Cl)c(F)c1)CC2. The molecule has 32 heavy (non-hydrogen) atoms. The second-order valence-electron chi connectivity index (χ2n) is 7.89. The van der Waals surface area contributed by atoms with E-state index in [-0.39, 0.29) is 17.7 Å². The normalized spacial score (nSPS) is 14.1. The number of halogens is 2. The monoisotopic (exact) mass is 454 g/mol. The largest absolute Gasteiger partial charge is 0.394 e. The van der Waals surface area contributed by atoms with Crippen molar-refractivity contribution in [2.75, 3.05) is 13.2 Å². The van der Waals surface area contributed by atoms with Gasteiger partial charge in [0.05, 0.1) is 29.9 Å². The average Bonchev–Trinajstić information content (AvgIpc) is 2.80. The van der Waals surface area contributed by atoms with Gasteiger partial charge in [-0.15, -0.1) is 0 Å². The van der Waals surface area contributed by atoms with Crippen molar-refractivity contribution >= 4 is 17.6 Å². The van der Waals surface area contributed by atoms with E-state index in [0.717, 1.165) is 11.3 Å². The number of fused-ring (bicyclic) bond motifs is 1. The van der Waals surface area contributed by atoms with E-state index in [2.05, 4.69) is 29.4 Å². The topological polar surface area (TPSA) is 78.4 Å². The molecule has 166 valence electrons. The number of rotatable bonds is 5. The van der Waals surface area contributed by atoms with Gasteiger partial charge < -0.3 is 15.3 Å². The highest BCUT2D eigenvalue weighted by molar-refractivity contribution is 6.30. The lowest BCUT2D eigenvalue weighted by atomic mass is 10.0. The van der Waals surface area contributed by atoms with E-state index in [1.54, 1.807) is 11.0 Å². The number of amides is 2. The Balaban J connectivity index is 1.46. The highest BCUT2D eigenvalue weighted by Gasteiger charge is 2.25. The van der Waals surface area contributed by atoms with Crippen molar-refractivity contribution in [3.05, 3.63) is 93.3 Å². The van der Waals surface area contributed by atoms with E-state index in [1.165, 1.54) is 23.3 Å². The zero-order valence-electron chi connectivity index (χ0n) is 17.7. The first-order chi connectivity index (χ1) is 15.4. The van der Waals surface area contributed by atoms with Gasteiger partial charge in [-0.05, 0) is 47.7 Å². The van der Waals surface area contributed by atoms with Gasteiger partial charge in [0.1, 0.15) is 11.6 Å². The average molecular weight is 455 g/mol. The minimum atomic E-state index is -0.738. The molecule has 1 aromatic heterocycles. The molecule has 0 unspecified atom stereocenters. The highest BCUT2D eigenvalue weighted by Crippen LogP contribution is 2.22. The van der Waals surface area contributed by atoms with E-state index < -0.39 is 11.9 Å². The van der Waals surface area contributed by atoms with Gasteiger partial charge in [0.25, 0.3) is 0 Å². The van der Waals surface area contributed by atoms with Crippen LogP contribution in [-0.4, -0.2) is 39.2 Å². The number of nitrogens with zero attached hydrogens (tertiary/aromatic N) is 3. The number of nitrogens with one attached hydrogen (secondary N) is 1. The van der Waals surface area contributed by atoms with Crippen LogP contribution in [0.3, 0.4) is 0 Å². The number of benzene rings is 2. The Morgan fingerprint density at radius 1 is 1.31 bits per heavy atom. The van der Waals surface area contributed by atoms with Gasteiger partial charge in [-0.2, -0.15) is 0 Å². The molecule has 6 nitrogen and oxygen atoms in total. The summed E-state index contributed by atoms with van der Waals surface area (Å²) in [5.74, 6) is 0.117. The Morgan fingerprint density at radius 3 is 2.88 bits per heavy atom. The maximum absolute atomic E-state index is 13.8. The lowest BCUT2D eigenvalue weighted by Gasteiger charge is -2.30. The van der Waals surface area contributed by atoms with Gasteiger partial charge >= 0.3 is 6.03 Å². The summed E-state index contributed by atoms with van der Waals surface area (Å²) in [6, 6.07) is 11.3. The number of carbonyl (C=O) groups excluding carboxylic acids is 1. The van der Waals surface area contributed by atoms with Crippen molar-refractivity contribution < 1.29 is 14.3 Å². The van der Waals surface area contributed by atoms with Gasteiger partial charge in [-0.25, -0.2) is 19.2 Å². The van der Waals surface area contributed by atoms with Crippen molar-refractivity contribution in [2.24, 2.45) is 0 Å². The molecule has 0 spiro atoms. The molecule has 1 aliphatic rings. The van der Waals surface area contributed by atoms with Crippen LogP contribution in [0, 0.1) is 12.7 Å². The molecule has 2 amide bonds. The van der Waals surface area contributed by atoms with Crippen molar-refractivity contribution in [1.82, 2.24) is 20.2 Å². The van der Waals surface area contributed by atoms with Crippen LogP contribution in [0.1, 0.15) is 39.8 Å². The Kier molecular flexibility index (Phi) is 6.67. The van der Waals surface area contributed by atoms with Gasteiger partial charge in [-0.1, -0.05) is 41.9 Å². The first-order valence-electron chi connectivity index (χ1n) is 10.4. The summed E-state index contributed by atoms with van der Waals surface area (Å²) in [6.45, 7) is 2.55. The molecule has 8 heteroatoms. The maximum atomic E-state index is 13.8. The third-order valence-electron chi connectivity index (χ3n) is 5.72. The second kappa shape index (κ2) is 9.63. The molecule has 1 aliphatic heterocycles. The van der Waals surface area contributed by atoms with Gasteiger partial charge in [0.15, 0.2) is 0 Å². The predicted octanol–water partition coefficient (Wildman–Crippen LogP) is 3.97. The smallest absolute Gasteiger partial charge is 0.318 e. The highest BCUT2D eigenvalue weighted by atomic mass is 35.5. The molecular weight excluding hydrogens is 431 g/mol. The Morgan fingerprint density at radius 2 is 2.12 bits per heavy atom. The summed E-state index contributed by atoms with van der Waals surface area (Å²) in [7, 11) is 0. The van der Waals surface area contributed by atoms with Gasteiger partial charge in [0.2, 0.25) is 0 Å². The minimum Gasteiger partial charge on any atom is -0.394 e. The van der Waals surface area contributed by atoms with Crippen LogP contribution in [0.4, 0.5) is 9.18 Å². The third-order valence-corrected chi connectivity index (χ3v) is 6.03. The summed E-state index contributed by atoms with van der Waals surface area (Å²) < 4.78 is 13.8. The molecule has 2 N–H and O–H groups in total. The van der Waals surface area contributed by atoms with E-state index >= 15 is 0 Å². The number of hydrogen-bond donors (Lipinski definition) is 2. The summed E-state index contributed by atoms with van der Waals surface area (Å²) >= 11 is 5.73. The summed E-state index contributed by atoms with van der Waals surface area (Å²) in [6.07, 6.45) is 3.12. The number of aryl methyl sites for hydroxylation is 1. The standard InChI is InChI=1S/C24H24ClFN4O2/c1-15-4-2-3-5-16(15)11-23-27-12-18-8-9-30(13-21(18)28-23)24(32)29-22(14-31)17-6-7-19(25)20(26)10-17/h2-7,10,12,22,31H,8-9,11,13-14H2,1H3,(H,29,32)/t22-/m1/s1. The molecular formula is C24H24ClFN4O2. The summed E-state index contributed by atoms with van der Waals surface area (Å²) in [4.78, 5) is 23.7. The van der Waals surface area contributed by atoms with Gasteiger partial charge in [0, 0.05) is 19.2 Å². The van der Waals surface area contributed by atoms with Crippen molar-refractivity contribution in [1.29, 1.82) is 0 Å². The van der Waals surface area contributed by atoms with Crippen molar-refractivity contribution in [3.8, 4) is 0 Å². The number of hydrogen-bond acceptors (Lipinski definition) is 4. The predicted molar refractivity (Wildman–Crippen MR) is 120 cm³/mol. The van der Waals surface area contributed by atoms with Crippen LogP contribution in [0.5, 0.6) is 0 Å². The van der Waals surface area contributed by atoms with Crippen molar-refractivity contribution in [2.45, 2.75) is 32.4 Å². The number of aliphatic hydroxyl groups is 1. The first kappa shape index (κ1) is 22.2. The second-order valence-corrected chi connectivity index (χ2v) is 8.30. The number of aliphatic hydroxyl groups excluding tert-OH is 1. The fourth-order valence-corrected chi connectivity index (χ4v) is 3.90. The zero-order valence-corrected chi connectivity index (χ0v) is 18.4. The minimum absolute atomic E-state index is 0.00871. The van der Waals surface area contributed by atoms with Crippen LogP contribution < -0.4 is 5.32 Å². The van der Waals surface area contributed by atoms with Crippen LogP contribution in [0.15, 0.2) is 48.7 Å². The van der Waals surface area contributed by atoms with Crippen LogP contribution in [0.2, 0.25) is 5.02 Å². The van der Waals surface area contributed by atoms with E-state index in [4.69, 9.17) is 16.6 Å². The summed E-state index contributed by atoms with van der Waals surface area (Å²) in [5.41, 5.74) is 4.65. The Bertz CT molecular complexity index is 1140. The Labute approximate surface area is 191 Å². The number of urea groups is 1. The van der Waals surface area contributed by atoms with E-state index in [0.29, 0.717) is 37.3 Å². The van der Waals surface area contributed by atoms with Crippen LogP contribution in [0.25, 0.3) is 0 Å². The van der Waals surface area contributed by atoms with Crippen LogP contribution >= 0.6 is 11.6 Å². The quantitative estimate of drug-likeness (QED) is 0.611. The molecule has 0 bridgehead atoms. The van der Waals surface area contributed by atoms with Crippen LogP contribution in [-0.2, 0) is 19.4 Å². The molecule has 2 aromatic carbocycles. The molecule has 0 fully saturated rings. The third kappa shape index (κ3) is 4.89. The molecule has 1 atom stereocenters. The molecule has 0 saturated heterocycles. The first-order valence-corrected chi connectivity index (χ1v) is 10.8. The van der Waals surface area contributed by atoms with E-state index in [1.807, 2.05) is 18.3 Å². The molecule has 0 aliphatic carbocycles. The number of carbonyl (C=O) groups is 1. The van der Waals surface area contributed by atoms with Gasteiger partial charge in [-0.3, -0.25) is 0 Å². The molecule has 3 aromatic rings. The molecule has 0 saturated carbocycles. The Hall–Kier alpha value is -3.03. The van der Waals surface area contributed by atoms with Crippen molar-refractivity contribution in [3.63, 3.8) is 0 Å². The summed E-state index contributed by atoms with van der Waals surface area (Å²) in [5, 5.41) is 12.5. The lowest BCUT2D eigenvalue weighted by Crippen LogP contribution is -2.45. The molecule has 4 rings (SSSR count). The fourth-order valence-electron chi connectivity index (χ4n) is 3.79. The lowest BCUT2D eigenvalue weighted by molar-refractivity contribution is 0.176. The number of aromatic nitrogens is 2. The fraction of sp³-hybridized carbons (Fsp3) is 0.292. The molecule has 0 radical (unpaired) electrons.